The Labute approximate surface area is 126 Å². The zero-order valence-electron chi connectivity index (χ0n) is 11.3. The Bertz CT molecular complexity index is 567. The Hall–Kier alpha value is -1.54. The Kier molecular flexibility index (Phi) is 4.34. The fraction of sp³-hybridized carbons (Fsp3) is 0.467. The van der Waals surface area contributed by atoms with E-state index in [1.165, 1.54) is 0 Å². The number of nitrogens with zero attached hydrogens (tertiary/aromatic N) is 1. The van der Waals surface area contributed by atoms with Crippen molar-refractivity contribution in [2.45, 2.75) is 38.6 Å². The molecule has 0 spiro atoms. The molecule has 0 amide bonds. The molecule has 1 fully saturated rings. The lowest BCUT2D eigenvalue weighted by Crippen LogP contribution is -2.46. The molecule has 4 nitrogen and oxygen atoms in total. The third-order valence-electron chi connectivity index (χ3n) is 4.12. The predicted molar refractivity (Wildman–Crippen MR) is 80.5 cm³/mol. The normalized spacial score (nSPS) is 25.8. The van der Waals surface area contributed by atoms with Gasteiger partial charge >= 0.3 is 5.97 Å². The van der Waals surface area contributed by atoms with Gasteiger partial charge in [-0.25, -0.2) is 0 Å². The van der Waals surface area contributed by atoms with Crippen molar-refractivity contribution in [3.63, 3.8) is 0 Å². The van der Waals surface area contributed by atoms with Gasteiger partial charge < -0.3 is 10.4 Å². The van der Waals surface area contributed by atoms with Crippen LogP contribution in [-0.2, 0) is 4.79 Å². The van der Waals surface area contributed by atoms with E-state index in [-0.39, 0.29) is 6.04 Å². The maximum atomic E-state index is 11.6. The Morgan fingerprint density at radius 2 is 2.30 bits per heavy atom. The van der Waals surface area contributed by atoms with Gasteiger partial charge in [0.2, 0.25) is 0 Å². The van der Waals surface area contributed by atoms with Gasteiger partial charge in [-0.05, 0) is 53.9 Å². The summed E-state index contributed by atoms with van der Waals surface area (Å²) in [5, 5.41) is 21.7. The molecule has 0 aromatic heterocycles. The van der Waals surface area contributed by atoms with Gasteiger partial charge in [-0.15, -0.1) is 0 Å². The monoisotopic (exact) mass is 336 g/mol. The minimum absolute atomic E-state index is 0.0991. The summed E-state index contributed by atoms with van der Waals surface area (Å²) in [6, 6.07) is 7.27. The van der Waals surface area contributed by atoms with Crippen molar-refractivity contribution < 1.29 is 9.90 Å². The van der Waals surface area contributed by atoms with Crippen molar-refractivity contribution in [2.24, 2.45) is 5.41 Å². The first-order valence-corrected chi connectivity index (χ1v) is 7.46. The predicted octanol–water partition coefficient (Wildman–Crippen LogP) is 3.77. The molecule has 0 aliphatic heterocycles. The molecule has 2 N–H and O–H groups in total. The number of halogens is 1. The van der Waals surface area contributed by atoms with Crippen molar-refractivity contribution in [1.29, 1.82) is 5.26 Å². The highest BCUT2D eigenvalue weighted by Gasteiger charge is 2.43. The van der Waals surface area contributed by atoms with Crippen LogP contribution in [0.2, 0.25) is 0 Å². The third-order valence-corrected chi connectivity index (χ3v) is 4.78. The summed E-state index contributed by atoms with van der Waals surface area (Å²) < 4.78 is 0.787. The average molecular weight is 337 g/mol. The van der Waals surface area contributed by atoms with Gasteiger partial charge in [0.05, 0.1) is 17.0 Å². The average Bonchev–Trinajstić information content (AvgIpc) is 2.43. The zero-order valence-corrected chi connectivity index (χ0v) is 12.9. The Morgan fingerprint density at radius 1 is 1.55 bits per heavy atom. The summed E-state index contributed by atoms with van der Waals surface area (Å²) in [4.78, 5) is 11.6. The van der Waals surface area contributed by atoms with E-state index >= 15 is 0 Å². The number of benzene rings is 1. The van der Waals surface area contributed by atoms with E-state index < -0.39 is 11.4 Å². The standard InChI is InChI=1S/C15H17BrN2O2/c1-15(14(19)20)7-3-2-4-13(15)18-12-6-5-10(9-17)8-11(12)16/h5-6,8,13,18H,2-4,7H2,1H3,(H,19,20). The van der Waals surface area contributed by atoms with Crippen LogP contribution in [0.3, 0.4) is 0 Å². The number of hydrogen-bond donors (Lipinski definition) is 2. The topological polar surface area (TPSA) is 73.1 Å². The van der Waals surface area contributed by atoms with E-state index in [9.17, 15) is 9.90 Å². The van der Waals surface area contributed by atoms with Crippen LogP contribution in [0.5, 0.6) is 0 Å². The van der Waals surface area contributed by atoms with E-state index in [0.29, 0.717) is 12.0 Å². The molecule has 0 bridgehead atoms. The number of carboxylic acids is 1. The van der Waals surface area contributed by atoms with Gasteiger partial charge in [-0.1, -0.05) is 12.8 Å². The summed E-state index contributed by atoms with van der Waals surface area (Å²) in [6.45, 7) is 1.81. The number of nitriles is 1. The zero-order chi connectivity index (χ0) is 14.8. The molecule has 5 heteroatoms. The van der Waals surface area contributed by atoms with Crippen LogP contribution in [-0.4, -0.2) is 17.1 Å². The second-order valence-electron chi connectivity index (χ2n) is 5.47. The molecule has 1 aromatic carbocycles. The van der Waals surface area contributed by atoms with Gasteiger partial charge in [-0.3, -0.25) is 4.79 Å². The van der Waals surface area contributed by atoms with Crippen LogP contribution in [0.4, 0.5) is 5.69 Å². The summed E-state index contributed by atoms with van der Waals surface area (Å²) >= 11 is 3.43. The third kappa shape index (κ3) is 2.80. The number of anilines is 1. The molecule has 2 rings (SSSR count). The van der Waals surface area contributed by atoms with Gasteiger partial charge in [-0.2, -0.15) is 5.26 Å². The molecular weight excluding hydrogens is 320 g/mol. The minimum atomic E-state index is -0.750. The van der Waals surface area contributed by atoms with Crippen molar-refractivity contribution in [1.82, 2.24) is 0 Å². The van der Waals surface area contributed by atoms with Crippen LogP contribution in [0.1, 0.15) is 38.2 Å². The maximum absolute atomic E-state index is 11.6. The molecule has 1 aliphatic carbocycles. The molecular formula is C15H17BrN2O2. The van der Waals surface area contributed by atoms with Crippen LogP contribution < -0.4 is 5.32 Å². The second kappa shape index (κ2) is 5.84. The molecule has 2 atom stereocenters. The molecule has 106 valence electrons. The van der Waals surface area contributed by atoms with Crippen LogP contribution >= 0.6 is 15.9 Å². The first kappa shape index (κ1) is 14.9. The van der Waals surface area contributed by atoms with Crippen molar-refractivity contribution in [2.75, 3.05) is 5.32 Å². The SMILES string of the molecule is CC1(C(=O)O)CCCCC1Nc1ccc(C#N)cc1Br. The lowest BCUT2D eigenvalue weighted by molar-refractivity contribution is -0.150. The highest BCUT2D eigenvalue weighted by atomic mass is 79.9. The van der Waals surface area contributed by atoms with Crippen molar-refractivity contribution in [3.8, 4) is 6.07 Å². The van der Waals surface area contributed by atoms with Gasteiger partial charge in [0, 0.05) is 16.2 Å². The largest absolute Gasteiger partial charge is 0.481 e. The lowest BCUT2D eigenvalue weighted by atomic mass is 9.71. The van der Waals surface area contributed by atoms with Gasteiger partial charge in [0.1, 0.15) is 0 Å². The van der Waals surface area contributed by atoms with Crippen LogP contribution in [0.15, 0.2) is 22.7 Å². The number of carboxylic acid groups (broad SMARTS) is 1. The van der Waals surface area contributed by atoms with Crippen molar-refractivity contribution in [3.05, 3.63) is 28.2 Å². The molecule has 1 saturated carbocycles. The fourth-order valence-corrected chi connectivity index (χ4v) is 3.20. The number of rotatable bonds is 3. The van der Waals surface area contributed by atoms with E-state index in [2.05, 4.69) is 27.3 Å². The number of nitrogens with one attached hydrogen (secondary N) is 1. The van der Waals surface area contributed by atoms with E-state index in [4.69, 9.17) is 5.26 Å². The fourth-order valence-electron chi connectivity index (χ4n) is 2.71. The van der Waals surface area contributed by atoms with E-state index in [1.54, 1.807) is 12.1 Å². The summed E-state index contributed by atoms with van der Waals surface area (Å²) in [5.74, 6) is -0.750. The molecule has 2 unspecified atom stereocenters. The number of aliphatic carboxylic acids is 1. The highest BCUT2D eigenvalue weighted by Crippen LogP contribution is 2.39. The maximum Gasteiger partial charge on any atom is 0.311 e. The highest BCUT2D eigenvalue weighted by molar-refractivity contribution is 9.10. The first-order chi connectivity index (χ1) is 9.47. The summed E-state index contributed by atoms with van der Waals surface area (Å²) in [5.41, 5.74) is 0.668. The molecule has 0 radical (unpaired) electrons. The number of carbonyl (C=O) groups is 1. The number of hydrogen-bond acceptors (Lipinski definition) is 3. The molecule has 1 aliphatic rings. The van der Waals surface area contributed by atoms with Crippen LogP contribution in [0.25, 0.3) is 0 Å². The smallest absolute Gasteiger partial charge is 0.311 e. The van der Waals surface area contributed by atoms with Gasteiger partial charge in [0.25, 0.3) is 0 Å². The Balaban J connectivity index is 2.24. The summed E-state index contributed by atoms with van der Waals surface area (Å²) in [6.07, 6.45) is 3.52. The molecule has 1 aromatic rings. The lowest BCUT2D eigenvalue weighted by Gasteiger charge is -2.39. The second-order valence-corrected chi connectivity index (χ2v) is 6.33. The summed E-state index contributed by atoms with van der Waals surface area (Å²) in [7, 11) is 0. The first-order valence-electron chi connectivity index (χ1n) is 6.67. The van der Waals surface area contributed by atoms with Gasteiger partial charge in [0.15, 0.2) is 0 Å². The molecule has 20 heavy (non-hydrogen) atoms. The Morgan fingerprint density at radius 3 is 2.90 bits per heavy atom. The molecule has 0 saturated heterocycles. The minimum Gasteiger partial charge on any atom is -0.481 e. The van der Waals surface area contributed by atoms with E-state index in [0.717, 1.165) is 29.4 Å². The van der Waals surface area contributed by atoms with Crippen molar-refractivity contribution >= 4 is 27.6 Å². The molecule has 0 heterocycles. The quantitative estimate of drug-likeness (QED) is 0.881. The van der Waals surface area contributed by atoms with Crippen LogP contribution in [0, 0.1) is 16.7 Å². The van der Waals surface area contributed by atoms with E-state index in [1.807, 2.05) is 13.0 Å².